The molecule has 1 fully saturated rings. The molecule has 148 valence electrons. The van der Waals surface area contributed by atoms with Crippen LogP contribution in [0.5, 0.6) is 5.75 Å². The van der Waals surface area contributed by atoms with Crippen LogP contribution >= 0.6 is 24.0 Å². The number of methoxy groups -OCH3 is 1. The summed E-state index contributed by atoms with van der Waals surface area (Å²) in [5, 5.41) is 3.88. The van der Waals surface area contributed by atoms with Gasteiger partial charge in [-0.1, -0.05) is 11.6 Å². The zero-order valence-corrected chi connectivity index (χ0v) is 17.5. The number of benzene rings is 2. The lowest BCUT2D eigenvalue weighted by Gasteiger charge is -2.30. The number of ether oxygens (including phenoxy) is 1. The Morgan fingerprint density at radius 3 is 2.48 bits per heavy atom. The van der Waals surface area contributed by atoms with Gasteiger partial charge in [0.25, 0.3) is 10.0 Å². The van der Waals surface area contributed by atoms with Gasteiger partial charge in [0.15, 0.2) is 0 Å². The van der Waals surface area contributed by atoms with Crippen molar-refractivity contribution in [2.75, 3.05) is 42.9 Å². The van der Waals surface area contributed by atoms with Gasteiger partial charge >= 0.3 is 0 Å². The minimum atomic E-state index is -3.72. The van der Waals surface area contributed by atoms with Crippen LogP contribution in [-0.4, -0.2) is 41.7 Å². The molecular weight excluding hydrogens is 409 g/mol. The Balaban J connectivity index is 0.00000261. The SMILES string of the molecule is COc1ccc(S(=O)(=O)Nc2ccc(Cl)c(C)c2)cc1N1CCNCC1.Cl. The molecule has 6 nitrogen and oxygen atoms in total. The highest BCUT2D eigenvalue weighted by Gasteiger charge is 2.21. The Morgan fingerprint density at radius 2 is 1.85 bits per heavy atom. The normalized spacial score (nSPS) is 14.4. The number of hydrogen-bond acceptors (Lipinski definition) is 5. The Labute approximate surface area is 171 Å². The average Bonchev–Trinajstić information content (AvgIpc) is 2.64. The molecule has 0 atom stereocenters. The molecule has 3 rings (SSSR count). The van der Waals surface area contributed by atoms with Crippen LogP contribution in [0.2, 0.25) is 5.02 Å². The first kappa shape index (κ1) is 21.6. The number of halogens is 2. The predicted molar refractivity (Wildman–Crippen MR) is 112 cm³/mol. The summed E-state index contributed by atoms with van der Waals surface area (Å²) in [5.74, 6) is 0.660. The van der Waals surface area contributed by atoms with Gasteiger partial charge in [-0.15, -0.1) is 12.4 Å². The van der Waals surface area contributed by atoms with E-state index in [0.717, 1.165) is 37.4 Å². The third-order valence-electron chi connectivity index (χ3n) is 4.33. The molecular formula is C18H23Cl2N3O3S. The number of hydrogen-bond donors (Lipinski definition) is 2. The molecule has 0 amide bonds. The van der Waals surface area contributed by atoms with E-state index in [0.29, 0.717) is 16.5 Å². The van der Waals surface area contributed by atoms with Gasteiger partial charge in [-0.2, -0.15) is 0 Å². The number of sulfonamides is 1. The third kappa shape index (κ3) is 4.99. The molecule has 1 aliphatic rings. The number of rotatable bonds is 5. The first-order valence-corrected chi connectivity index (χ1v) is 10.2. The summed E-state index contributed by atoms with van der Waals surface area (Å²) in [6, 6.07) is 9.94. The van der Waals surface area contributed by atoms with Crippen molar-refractivity contribution in [1.29, 1.82) is 0 Å². The van der Waals surface area contributed by atoms with E-state index in [1.54, 1.807) is 43.5 Å². The van der Waals surface area contributed by atoms with E-state index in [1.807, 2.05) is 6.92 Å². The Bertz CT molecular complexity index is 901. The Kier molecular flexibility index (Phi) is 7.22. The van der Waals surface area contributed by atoms with Gasteiger partial charge in [-0.3, -0.25) is 4.72 Å². The fourth-order valence-corrected chi connectivity index (χ4v) is 4.10. The molecule has 27 heavy (non-hydrogen) atoms. The van der Waals surface area contributed by atoms with Crippen molar-refractivity contribution >= 4 is 45.4 Å². The lowest BCUT2D eigenvalue weighted by Crippen LogP contribution is -2.43. The van der Waals surface area contributed by atoms with Gasteiger partial charge in [0.2, 0.25) is 0 Å². The number of nitrogens with one attached hydrogen (secondary N) is 2. The van der Waals surface area contributed by atoms with Gasteiger partial charge < -0.3 is 15.0 Å². The Morgan fingerprint density at radius 1 is 1.15 bits per heavy atom. The monoisotopic (exact) mass is 431 g/mol. The molecule has 1 heterocycles. The lowest BCUT2D eigenvalue weighted by molar-refractivity contribution is 0.412. The van der Waals surface area contributed by atoms with E-state index in [-0.39, 0.29) is 17.3 Å². The molecule has 0 aliphatic carbocycles. The molecule has 1 saturated heterocycles. The number of anilines is 2. The number of aryl methyl sites for hydroxylation is 1. The largest absolute Gasteiger partial charge is 0.495 e. The fraction of sp³-hybridized carbons (Fsp3) is 0.333. The summed E-state index contributed by atoms with van der Waals surface area (Å²) in [5.41, 5.74) is 2.07. The van der Waals surface area contributed by atoms with Crippen molar-refractivity contribution in [2.24, 2.45) is 0 Å². The topological polar surface area (TPSA) is 70.7 Å². The van der Waals surface area contributed by atoms with Gasteiger partial charge in [0.1, 0.15) is 5.75 Å². The highest BCUT2D eigenvalue weighted by molar-refractivity contribution is 7.92. The van der Waals surface area contributed by atoms with E-state index in [4.69, 9.17) is 16.3 Å². The minimum absolute atomic E-state index is 0. The van der Waals surface area contributed by atoms with E-state index in [1.165, 1.54) is 0 Å². The standard InChI is InChI=1S/C18H22ClN3O3S.ClH/c1-13-11-14(3-5-16(13)19)21-26(23,24)15-4-6-18(25-2)17(12-15)22-9-7-20-8-10-22;/h3-6,11-12,20-21H,7-10H2,1-2H3;1H. The molecule has 2 aromatic rings. The summed E-state index contributed by atoms with van der Waals surface area (Å²) in [4.78, 5) is 2.32. The van der Waals surface area contributed by atoms with Gasteiger partial charge in [-0.05, 0) is 48.9 Å². The molecule has 9 heteroatoms. The van der Waals surface area contributed by atoms with Crippen LogP contribution < -0.4 is 19.7 Å². The van der Waals surface area contributed by atoms with Crippen LogP contribution in [0.4, 0.5) is 11.4 Å². The molecule has 0 radical (unpaired) electrons. The van der Waals surface area contributed by atoms with Crippen molar-refractivity contribution in [1.82, 2.24) is 5.32 Å². The van der Waals surface area contributed by atoms with Crippen LogP contribution in [0, 0.1) is 6.92 Å². The van der Waals surface area contributed by atoms with E-state index < -0.39 is 10.0 Å². The molecule has 1 aliphatic heterocycles. The van der Waals surface area contributed by atoms with E-state index in [9.17, 15) is 8.42 Å². The Hall–Kier alpha value is -1.67. The summed E-state index contributed by atoms with van der Waals surface area (Å²) in [6.45, 7) is 5.12. The summed E-state index contributed by atoms with van der Waals surface area (Å²) >= 11 is 6.01. The van der Waals surface area contributed by atoms with Crippen LogP contribution in [0.25, 0.3) is 0 Å². The second kappa shape index (κ2) is 9.01. The molecule has 2 N–H and O–H groups in total. The molecule has 0 aromatic heterocycles. The zero-order chi connectivity index (χ0) is 18.7. The smallest absolute Gasteiger partial charge is 0.261 e. The molecule has 0 unspecified atom stereocenters. The van der Waals surface area contributed by atoms with Crippen molar-refractivity contribution in [2.45, 2.75) is 11.8 Å². The zero-order valence-electron chi connectivity index (χ0n) is 15.2. The van der Waals surface area contributed by atoms with Crippen molar-refractivity contribution in [3.05, 3.63) is 47.0 Å². The highest BCUT2D eigenvalue weighted by atomic mass is 35.5. The van der Waals surface area contributed by atoms with Crippen molar-refractivity contribution in [3.63, 3.8) is 0 Å². The maximum absolute atomic E-state index is 12.8. The first-order chi connectivity index (χ1) is 12.4. The summed E-state index contributed by atoms with van der Waals surface area (Å²) in [6.07, 6.45) is 0. The maximum Gasteiger partial charge on any atom is 0.261 e. The summed E-state index contributed by atoms with van der Waals surface area (Å²) < 4.78 is 33.7. The van der Waals surface area contributed by atoms with E-state index >= 15 is 0 Å². The van der Waals surface area contributed by atoms with Gasteiger partial charge in [-0.25, -0.2) is 8.42 Å². The average molecular weight is 432 g/mol. The number of piperazine rings is 1. The van der Waals surface area contributed by atoms with Crippen molar-refractivity contribution < 1.29 is 13.2 Å². The van der Waals surface area contributed by atoms with Crippen LogP contribution in [-0.2, 0) is 10.0 Å². The second-order valence-electron chi connectivity index (χ2n) is 6.14. The maximum atomic E-state index is 12.8. The van der Waals surface area contributed by atoms with Crippen molar-refractivity contribution in [3.8, 4) is 5.75 Å². The number of nitrogens with zero attached hydrogens (tertiary/aromatic N) is 1. The molecule has 0 bridgehead atoms. The quantitative estimate of drug-likeness (QED) is 0.759. The highest BCUT2D eigenvalue weighted by Crippen LogP contribution is 2.32. The van der Waals surface area contributed by atoms with Gasteiger partial charge in [0.05, 0.1) is 17.7 Å². The van der Waals surface area contributed by atoms with Crippen LogP contribution in [0.1, 0.15) is 5.56 Å². The first-order valence-electron chi connectivity index (χ1n) is 8.33. The molecule has 0 saturated carbocycles. The summed E-state index contributed by atoms with van der Waals surface area (Å²) in [7, 11) is -2.13. The second-order valence-corrected chi connectivity index (χ2v) is 8.23. The van der Waals surface area contributed by atoms with Crippen LogP contribution in [0.15, 0.2) is 41.3 Å². The third-order valence-corrected chi connectivity index (χ3v) is 6.13. The fourth-order valence-electron chi connectivity index (χ4n) is 2.91. The van der Waals surface area contributed by atoms with Gasteiger partial charge in [0, 0.05) is 36.9 Å². The molecule has 0 spiro atoms. The lowest BCUT2D eigenvalue weighted by atomic mass is 10.2. The van der Waals surface area contributed by atoms with E-state index in [2.05, 4.69) is 14.9 Å². The minimum Gasteiger partial charge on any atom is -0.495 e. The van der Waals surface area contributed by atoms with Crippen LogP contribution in [0.3, 0.4) is 0 Å². The predicted octanol–water partition coefficient (Wildman–Crippen LogP) is 3.29. The molecule has 2 aromatic carbocycles.